The number of aliphatic imine (C=N–C) groups is 1. The van der Waals surface area contributed by atoms with Gasteiger partial charge in [-0.15, -0.1) is 0 Å². The first-order valence-electron chi connectivity index (χ1n) is 5.90. The third-order valence-corrected chi connectivity index (χ3v) is 2.56. The molecule has 1 amide bonds. The Morgan fingerprint density at radius 1 is 1.32 bits per heavy atom. The van der Waals surface area contributed by atoms with Gasteiger partial charge in [-0.2, -0.15) is 4.99 Å². The minimum atomic E-state index is -0.712. The van der Waals surface area contributed by atoms with Crippen molar-refractivity contribution in [3.8, 4) is 0 Å². The molecule has 0 atom stereocenters. The summed E-state index contributed by atoms with van der Waals surface area (Å²) in [6, 6.07) is 0. The summed E-state index contributed by atoms with van der Waals surface area (Å²) in [5, 5.41) is -0.111. The number of aromatic amines is 1. The third kappa shape index (κ3) is 3.93. The topological polar surface area (TPSA) is 160 Å². The van der Waals surface area contributed by atoms with Crippen molar-refractivity contribution in [1.29, 1.82) is 0 Å². The Morgan fingerprint density at radius 2 is 2.14 bits per heavy atom. The van der Waals surface area contributed by atoms with Crippen molar-refractivity contribution in [1.82, 2.24) is 30.8 Å². The van der Waals surface area contributed by atoms with E-state index in [1.165, 1.54) is 0 Å². The molecule has 0 spiro atoms. The maximum atomic E-state index is 11.8. The lowest BCUT2D eigenvalue weighted by atomic mass is 10.4. The second-order valence-electron chi connectivity index (χ2n) is 3.79. The molecule has 0 unspecified atom stereocenters. The first-order valence-corrected chi connectivity index (χ1v) is 6.28. The van der Waals surface area contributed by atoms with E-state index in [9.17, 15) is 4.79 Å². The highest BCUT2D eigenvalue weighted by atomic mass is 35.5. The van der Waals surface area contributed by atoms with Crippen LogP contribution in [0.3, 0.4) is 0 Å². The summed E-state index contributed by atoms with van der Waals surface area (Å²) >= 11 is 5.68. The molecule has 0 aliphatic heterocycles. The molecule has 0 radical (unpaired) electrons. The average Bonchev–Trinajstić information content (AvgIpc) is 2.99. The highest BCUT2D eigenvalue weighted by molar-refractivity contribution is 6.31. The number of nitrogen functional groups attached to an aromatic ring is 2. The number of aromatic nitrogens is 4. The molecule has 2 rings (SSSR count). The monoisotopic (exact) mass is 321 g/mol. The van der Waals surface area contributed by atoms with Gasteiger partial charge in [0.05, 0.1) is 0 Å². The highest BCUT2D eigenvalue weighted by Gasteiger charge is 2.14. The number of nitrogens with zero attached hydrogens (tertiary/aromatic N) is 4. The van der Waals surface area contributed by atoms with E-state index in [1.807, 2.05) is 0 Å². The van der Waals surface area contributed by atoms with E-state index in [0.717, 1.165) is 6.34 Å². The molecule has 7 N–H and O–H groups in total. The number of imidazole rings is 1. The Kier molecular flexibility index (Phi) is 4.88. The molecule has 0 aromatic carbocycles. The maximum absolute atomic E-state index is 11.8. The Morgan fingerprint density at radius 3 is 2.86 bits per heavy atom. The first kappa shape index (κ1) is 15.3. The lowest BCUT2D eigenvalue weighted by Crippen LogP contribution is -2.25. The molecule has 2 aromatic rings. The summed E-state index contributed by atoms with van der Waals surface area (Å²) in [5.74, 6) is -0.240. The summed E-state index contributed by atoms with van der Waals surface area (Å²) in [7, 11) is 0. The van der Waals surface area contributed by atoms with Gasteiger partial charge >= 0.3 is 5.91 Å². The lowest BCUT2D eigenvalue weighted by Gasteiger charge is -2.02. The van der Waals surface area contributed by atoms with Crippen LogP contribution in [0.2, 0.25) is 5.15 Å². The zero-order valence-corrected chi connectivity index (χ0v) is 11.9. The second kappa shape index (κ2) is 7.04. The van der Waals surface area contributed by atoms with Crippen LogP contribution in [0.5, 0.6) is 0 Å². The zero-order valence-electron chi connectivity index (χ0n) is 11.1. The summed E-state index contributed by atoms with van der Waals surface area (Å²) in [6.45, 7) is 0. The van der Waals surface area contributed by atoms with Gasteiger partial charge in [0, 0.05) is 18.6 Å². The van der Waals surface area contributed by atoms with Crippen LogP contribution in [0.1, 0.15) is 16.3 Å². The zero-order chi connectivity index (χ0) is 15.9. The van der Waals surface area contributed by atoms with E-state index in [0.29, 0.717) is 5.82 Å². The number of carbonyl (C=O) groups is 1. The van der Waals surface area contributed by atoms with Gasteiger partial charge in [0.2, 0.25) is 0 Å². The van der Waals surface area contributed by atoms with Crippen LogP contribution in [0.25, 0.3) is 6.08 Å². The van der Waals surface area contributed by atoms with Crippen molar-refractivity contribution >= 4 is 41.6 Å². The van der Waals surface area contributed by atoms with Crippen molar-refractivity contribution in [3.63, 3.8) is 0 Å². The summed E-state index contributed by atoms with van der Waals surface area (Å²) in [4.78, 5) is 29.6. The molecule has 114 valence electrons. The van der Waals surface area contributed by atoms with Crippen molar-refractivity contribution in [2.45, 2.75) is 0 Å². The van der Waals surface area contributed by atoms with E-state index >= 15 is 0 Å². The van der Waals surface area contributed by atoms with Crippen molar-refractivity contribution in [2.75, 3.05) is 11.5 Å². The molecule has 10 nitrogen and oxygen atoms in total. The summed E-state index contributed by atoms with van der Waals surface area (Å²) in [5.41, 5.74) is 16.0. The number of hydrazine groups is 1. The highest BCUT2D eigenvalue weighted by Crippen LogP contribution is 2.17. The first-order chi connectivity index (χ1) is 10.6. The largest absolute Gasteiger partial charge is 0.382 e. The number of anilines is 2. The quantitative estimate of drug-likeness (QED) is 0.222. The van der Waals surface area contributed by atoms with Gasteiger partial charge < -0.3 is 21.9 Å². The molecule has 2 heterocycles. The normalized spacial score (nSPS) is 11.1. The molecule has 22 heavy (non-hydrogen) atoms. The molecule has 0 fully saturated rings. The Bertz CT molecular complexity index is 711. The number of nitrogens with two attached hydrogens (primary N) is 2. The number of amides is 1. The number of carbonyl (C=O) groups excluding carboxylic acids is 1. The Hall–Kier alpha value is -3.14. The summed E-state index contributed by atoms with van der Waals surface area (Å²) < 4.78 is 0. The molecule has 0 saturated heterocycles. The van der Waals surface area contributed by atoms with Crippen molar-refractivity contribution in [2.24, 2.45) is 4.99 Å². The Labute approximate surface area is 129 Å². The van der Waals surface area contributed by atoms with E-state index in [-0.39, 0.29) is 22.5 Å². The predicted octanol–water partition coefficient (Wildman–Crippen LogP) is -0.0489. The van der Waals surface area contributed by atoms with Gasteiger partial charge in [0.1, 0.15) is 12.2 Å². The van der Waals surface area contributed by atoms with Crippen LogP contribution < -0.4 is 22.3 Å². The van der Waals surface area contributed by atoms with Crippen LogP contribution in [-0.2, 0) is 0 Å². The van der Waals surface area contributed by atoms with E-state index in [2.05, 4.69) is 35.8 Å². The number of rotatable bonds is 5. The van der Waals surface area contributed by atoms with Gasteiger partial charge in [0.25, 0.3) is 0 Å². The number of hydrogen-bond acceptors (Lipinski definition) is 7. The van der Waals surface area contributed by atoms with Gasteiger partial charge in [-0.25, -0.2) is 15.0 Å². The van der Waals surface area contributed by atoms with E-state index in [1.54, 1.807) is 24.7 Å². The SMILES string of the molecule is Nc1nc(N)c(C(=O)N=CNNC=Cc2ncc[nH]2)nc1Cl. The minimum absolute atomic E-state index is 0.0532. The molecule has 0 bridgehead atoms. The van der Waals surface area contributed by atoms with Crippen LogP contribution in [-0.4, -0.2) is 32.2 Å². The third-order valence-electron chi connectivity index (χ3n) is 2.28. The van der Waals surface area contributed by atoms with Crippen LogP contribution in [0, 0.1) is 0 Å². The van der Waals surface area contributed by atoms with Crippen LogP contribution in [0.15, 0.2) is 23.6 Å². The number of nitrogens with one attached hydrogen (secondary N) is 3. The molecule has 0 aliphatic carbocycles. The average molecular weight is 322 g/mol. The fourth-order valence-corrected chi connectivity index (χ4v) is 1.45. The summed E-state index contributed by atoms with van der Waals surface area (Å²) in [6.07, 6.45) is 7.67. The lowest BCUT2D eigenvalue weighted by molar-refractivity contribution is 0.0999. The smallest absolute Gasteiger partial charge is 0.300 e. The van der Waals surface area contributed by atoms with Gasteiger partial charge in [-0.1, -0.05) is 11.6 Å². The van der Waals surface area contributed by atoms with Gasteiger partial charge in [-0.05, 0) is 6.08 Å². The number of H-pyrrole nitrogens is 1. The second-order valence-corrected chi connectivity index (χ2v) is 4.15. The van der Waals surface area contributed by atoms with Gasteiger partial charge in [-0.3, -0.25) is 10.2 Å². The molecular formula is C11H12ClN9O. The van der Waals surface area contributed by atoms with Gasteiger partial charge in [0.15, 0.2) is 22.5 Å². The van der Waals surface area contributed by atoms with Crippen LogP contribution in [0.4, 0.5) is 11.6 Å². The molecule has 0 aliphatic rings. The Balaban J connectivity index is 1.88. The minimum Gasteiger partial charge on any atom is -0.382 e. The number of hydrogen-bond donors (Lipinski definition) is 5. The fourth-order valence-electron chi connectivity index (χ4n) is 1.33. The molecule has 0 saturated carbocycles. The van der Waals surface area contributed by atoms with Crippen LogP contribution >= 0.6 is 11.6 Å². The van der Waals surface area contributed by atoms with Crippen molar-refractivity contribution in [3.05, 3.63) is 35.3 Å². The standard InChI is InChI=1S/C11H12ClN9O/c12-8-10(14)21-9(13)7(20-8)11(22)17-5-19-18-2-1-6-15-3-4-16-6/h1-5,18H,(H,15,16)(H4,13,14,21)(H,17,19,22). The van der Waals surface area contributed by atoms with E-state index in [4.69, 9.17) is 23.1 Å². The van der Waals surface area contributed by atoms with E-state index < -0.39 is 5.91 Å². The number of halogens is 1. The molecule has 11 heteroatoms. The molecule has 2 aromatic heterocycles. The molecular weight excluding hydrogens is 310 g/mol. The fraction of sp³-hybridized carbons (Fsp3) is 0. The maximum Gasteiger partial charge on any atom is 0.300 e. The van der Waals surface area contributed by atoms with Crippen molar-refractivity contribution < 1.29 is 4.79 Å². The predicted molar refractivity (Wildman–Crippen MR) is 82.6 cm³/mol.